The molecule has 0 bridgehead atoms. The van der Waals surface area contributed by atoms with Gasteiger partial charge in [-0.2, -0.15) is 0 Å². The van der Waals surface area contributed by atoms with Gasteiger partial charge in [-0.3, -0.25) is 14.9 Å². The van der Waals surface area contributed by atoms with E-state index in [1.807, 2.05) is 41.1 Å². The minimum Gasteiger partial charge on any atom is -0.497 e. The van der Waals surface area contributed by atoms with Crippen LogP contribution in [0, 0.1) is 0 Å². The third kappa shape index (κ3) is 3.41. The number of methoxy groups -OCH3 is 1. The number of imide groups is 2. The van der Waals surface area contributed by atoms with Crippen LogP contribution in [0.25, 0.3) is 11.8 Å². The van der Waals surface area contributed by atoms with Gasteiger partial charge in [0.25, 0.3) is 11.8 Å². The van der Waals surface area contributed by atoms with Gasteiger partial charge in [-0.05, 0) is 54.6 Å². The van der Waals surface area contributed by atoms with E-state index in [0.29, 0.717) is 11.4 Å². The fourth-order valence-corrected chi connectivity index (χ4v) is 3.11. The molecular formula is C22H17N3O4. The Balaban J connectivity index is 1.72. The average molecular weight is 387 g/mol. The number of para-hydroxylation sites is 1. The van der Waals surface area contributed by atoms with Gasteiger partial charge in [0.1, 0.15) is 11.3 Å². The fourth-order valence-electron chi connectivity index (χ4n) is 3.11. The third-order valence-corrected chi connectivity index (χ3v) is 4.54. The summed E-state index contributed by atoms with van der Waals surface area (Å²) in [5.74, 6) is -0.679. The lowest BCUT2D eigenvalue weighted by Gasteiger charge is -2.26. The summed E-state index contributed by atoms with van der Waals surface area (Å²) >= 11 is 0. The van der Waals surface area contributed by atoms with Crippen LogP contribution in [0.2, 0.25) is 0 Å². The number of amides is 4. The SMILES string of the molecule is COc1ccc(-n2cccc2/C=C2\C(=O)NC(=O)N(c3ccccc3)C2=O)cc1. The van der Waals surface area contributed by atoms with Crippen LogP contribution in [-0.2, 0) is 9.59 Å². The van der Waals surface area contributed by atoms with Gasteiger partial charge >= 0.3 is 6.03 Å². The van der Waals surface area contributed by atoms with Gasteiger partial charge in [0, 0.05) is 17.6 Å². The summed E-state index contributed by atoms with van der Waals surface area (Å²) in [6.45, 7) is 0. The lowest BCUT2D eigenvalue weighted by Crippen LogP contribution is -2.54. The molecule has 2 aromatic carbocycles. The Bertz CT molecular complexity index is 1110. The van der Waals surface area contributed by atoms with Crippen LogP contribution in [0.15, 0.2) is 78.5 Å². The van der Waals surface area contributed by atoms with Gasteiger partial charge in [-0.25, -0.2) is 9.69 Å². The molecule has 1 aliphatic rings. The van der Waals surface area contributed by atoms with Crippen molar-refractivity contribution in [3.05, 3.63) is 84.2 Å². The first-order chi connectivity index (χ1) is 14.1. The molecule has 0 radical (unpaired) electrons. The van der Waals surface area contributed by atoms with E-state index in [2.05, 4.69) is 5.32 Å². The molecule has 0 atom stereocenters. The van der Waals surface area contributed by atoms with Crippen LogP contribution >= 0.6 is 0 Å². The molecule has 1 saturated heterocycles. The van der Waals surface area contributed by atoms with Crippen LogP contribution < -0.4 is 15.0 Å². The lowest BCUT2D eigenvalue weighted by atomic mass is 10.1. The smallest absolute Gasteiger partial charge is 0.335 e. The average Bonchev–Trinajstić information content (AvgIpc) is 3.20. The fraction of sp³-hybridized carbons (Fsp3) is 0.0455. The van der Waals surface area contributed by atoms with Crippen molar-refractivity contribution in [3.63, 3.8) is 0 Å². The quantitative estimate of drug-likeness (QED) is 0.551. The van der Waals surface area contributed by atoms with Gasteiger partial charge in [-0.1, -0.05) is 18.2 Å². The number of anilines is 1. The number of rotatable bonds is 4. The largest absolute Gasteiger partial charge is 0.497 e. The molecule has 4 amide bonds. The lowest BCUT2D eigenvalue weighted by molar-refractivity contribution is -0.122. The molecule has 1 N–H and O–H groups in total. The Kier molecular flexibility index (Phi) is 4.70. The van der Waals surface area contributed by atoms with Crippen LogP contribution in [0.3, 0.4) is 0 Å². The topological polar surface area (TPSA) is 80.6 Å². The normalized spacial score (nSPS) is 15.6. The maximum Gasteiger partial charge on any atom is 0.335 e. The van der Waals surface area contributed by atoms with Crippen molar-refractivity contribution in [1.29, 1.82) is 0 Å². The van der Waals surface area contributed by atoms with Crippen LogP contribution in [0.4, 0.5) is 10.5 Å². The molecule has 29 heavy (non-hydrogen) atoms. The molecule has 0 unspecified atom stereocenters. The number of hydrogen-bond acceptors (Lipinski definition) is 4. The molecule has 144 valence electrons. The Hall–Kier alpha value is -4.13. The van der Waals surface area contributed by atoms with Gasteiger partial charge in [0.05, 0.1) is 12.8 Å². The zero-order chi connectivity index (χ0) is 20.4. The molecule has 0 saturated carbocycles. The summed E-state index contributed by atoms with van der Waals surface area (Å²) < 4.78 is 7.00. The predicted octanol–water partition coefficient (Wildman–Crippen LogP) is 3.15. The van der Waals surface area contributed by atoms with Crippen molar-refractivity contribution < 1.29 is 19.1 Å². The molecule has 1 aromatic heterocycles. The molecule has 0 spiro atoms. The number of hydrogen-bond donors (Lipinski definition) is 1. The first-order valence-corrected chi connectivity index (χ1v) is 8.87. The van der Waals surface area contributed by atoms with E-state index in [-0.39, 0.29) is 5.57 Å². The second-order valence-corrected chi connectivity index (χ2v) is 6.29. The van der Waals surface area contributed by atoms with Gasteiger partial charge in [0.2, 0.25) is 0 Å². The highest BCUT2D eigenvalue weighted by molar-refractivity contribution is 6.39. The molecule has 7 nitrogen and oxygen atoms in total. The molecule has 1 aliphatic heterocycles. The number of nitrogens with zero attached hydrogens (tertiary/aromatic N) is 2. The first kappa shape index (κ1) is 18.2. The maximum absolute atomic E-state index is 13.0. The summed E-state index contributed by atoms with van der Waals surface area (Å²) in [6, 6.07) is 18.6. The predicted molar refractivity (Wildman–Crippen MR) is 108 cm³/mol. The first-order valence-electron chi connectivity index (χ1n) is 8.87. The van der Waals surface area contributed by atoms with Gasteiger partial charge in [0.15, 0.2) is 0 Å². The highest BCUT2D eigenvalue weighted by atomic mass is 16.5. The molecule has 7 heteroatoms. The molecule has 0 aliphatic carbocycles. The van der Waals surface area contributed by atoms with E-state index in [1.165, 1.54) is 6.08 Å². The number of aromatic nitrogens is 1. The van der Waals surface area contributed by atoms with E-state index in [9.17, 15) is 14.4 Å². The second kappa shape index (κ2) is 7.47. The van der Waals surface area contributed by atoms with Crippen molar-refractivity contribution in [2.45, 2.75) is 0 Å². The summed E-state index contributed by atoms with van der Waals surface area (Å²) in [4.78, 5) is 38.5. The van der Waals surface area contributed by atoms with E-state index in [0.717, 1.165) is 16.3 Å². The number of carbonyl (C=O) groups is 3. The van der Waals surface area contributed by atoms with Crippen molar-refractivity contribution in [1.82, 2.24) is 9.88 Å². The summed E-state index contributed by atoms with van der Waals surface area (Å²) in [6.07, 6.45) is 3.30. The van der Waals surface area contributed by atoms with E-state index in [1.54, 1.807) is 43.5 Å². The Morgan fingerprint density at radius 3 is 2.28 bits per heavy atom. The zero-order valence-corrected chi connectivity index (χ0v) is 15.5. The summed E-state index contributed by atoms with van der Waals surface area (Å²) in [5.41, 5.74) is 1.72. The van der Waals surface area contributed by atoms with Crippen molar-refractivity contribution in [2.75, 3.05) is 12.0 Å². The van der Waals surface area contributed by atoms with E-state index in [4.69, 9.17) is 4.74 Å². The Labute approximate surface area is 166 Å². The zero-order valence-electron chi connectivity index (χ0n) is 15.5. The van der Waals surface area contributed by atoms with E-state index >= 15 is 0 Å². The Morgan fingerprint density at radius 1 is 0.862 bits per heavy atom. The summed E-state index contributed by atoms with van der Waals surface area (Å²) in [5, 5.41) is 2.23. The molecule has 4 rings (SSSR count). The van der Waals surface area contributed by atoms with Crippen molar-refractivity contribution >= 4 is 29.6 Å². The van der Waals surface area contributed by atoms with E-state index < -0.39 is 17.8 Å². The number of ether oxygens (including phenoxy) is 1. The number of barbiturate groups is 1. The number of carbonyl (C=O) groups excluding carboxylic acids is 3. The van der Waals surface area contributed by atoms with Gasteiger partial charge in [-0.15, -0.1) is 0 Å². The molecule has 1 fully saturated rings. The number of nitrogens with one attached hydrogen (secondary N) is 1. The molecule has 3 aromatic rings. The Morgan fingerprint density at radius 2 is 1.59 bits per heavy atom. The van der Waals surface area contributed by atoms with Crippen LogP contribution in [0.1, 0.15) is 5.69 Å². The molecule has 2 heterocycles. The highest BCUT2D eigenvalue weighted by Crippen LogP contribution is 2.23. The second-order valence-electron chi connectivity index (χ2n) is 6.29. The van der Waals surface area contributed by atoms with Crippen molar-refractivity contribution in [3.8, 4) is 11.4 Å². The molecular weight excluding hydrogens is 370 g/mol. The minimum absolute atomic E-state index is 0.123. The maximum atomic E-state index is 13.0. The third-order valence-electron chi connectivity index (χ3n) is 4.54. The van der Waals surface area contributed by atoms with Crippen LogP contribution in [-0.4, -0.2) is 29.5 Å². The monoisotopic (exact) mass is 387 g/mol. The summed E-state index contributed by atoms with van der Waals surface area (Å²) in [7, 11) is 1.59. The standard InChI is InChI=1S/C22H17N3O4/c1-29-18-11-9-15(10-12-18)24-13-5-8-17(24)14-19-20(26)23-22(28)25(21(19)27)16-6-3-2-4-7-16/h2-14H,1H3,(H,23,26,28)/b19-14+. The number of urea groups is 1. The van der Waals surface area contributed by atoms with Crippen molar-refractivity contribution in [2.24, 2.45) is 0 Å². The van der Waals surface area contributed by atoms with Gasteiger partial charge < -0.3 is 9.30 Å². The van der Waals surface area contributed by atoms with Crippen LogP contribution in [0.5, 0.6) is 5.75 Å². The highest BCUT2D eigenvalue weighted by Gasteiger charge is 2.36. The number of benzene rings is 2. The minimum atomic E-state index is -0.770.